The van der Waals surface area contributed by atoms with E-state index in [1.54, 1.807) is 41.3 Å². The van der Waals surface area contributed by atoms with Crippen molar-refractivity contribution in [3.63, 3.8) is 0 Å². The predicted octanol–water partition coefficient (Wildman–Crippen LogP) is 7.58. The maximum Gasteiger partial charge on any atom is 0.416 e. The van der Waals surface area contributed by atoms with Gasteiger partial charge in [0.05, 0.1) is 53.2 Å². The van der Waals surface area contributed by atoms with E-state index in [9.17, 15) is 59.3 Å². The summed E-state index contributed by atoms with van der Waals surface area (Å²) in [6.07, 6.45) is -1.68. The van der Waals surface area contributed by atoms with Gasteiger partial charge in [-0.1, -0.05) is 36.2 Å². The minimum absolute atomic E-state index is 0.0493. The molecule has 4 heterocycles. The number of amides is 2. The van der Waals surface area contributed by atoms with Crippen LogP contribution in [0.2, 0.25) is 10.0 Å². The van der Waals surface area contributed by atoms with Crippen molar-refractivity contribution in [2.24, 2.45) is 0 Å². The molecule has 32 heteroatoms. The molecule has 408 valence electrons. The van der Waals surface area contributed by atoms with E-state index >= 15 is 0 Å². The molecule has 7 aromatic rings. The number of nitro groups is 1. The van der Waals surface area contributed by atoms with Crippen LogP contribution in [0.5, 0.6) is 29.0 Å². The molecule has 0 aliphatic carbocycles. The van der Waals surface area contributed by atoms with E-state index in [2.05, 4.69) is 30.0 Å². The number of nitro benzene ring substituents is 1. The Morgan fingerprint density at radius 1 is 0.831 bits per heavy atom. The third kappa shape index (κ3) is 15.7. The summed E-state index contributed by atoms with van der Waals surface area (Å²) >= 11 is 11.8. The molecule has 0 atom stereocenters. The number of ether oxygens (including phenoxy) is 6. The quantitative estimate of drug-likeness (QED) is 0.0449. The SMILES string of the molecule is CCOC(=O)COC(=O)c1cc(Oc2ccc(C(F)(F)F)cc2Cl)ccc1[N+](=O)[O-].CCS(=O)(=O)c1nc2ccccn2c1S(=O)(=O)NC(=O)Nc1nc(OC)cc(OC)n1.O=C(O)COc1ccc(Cl)c2cccnc12. The van der Waals surface area contributed by atoms with Gasteiger partial charge in [-0.25, -0.2) is 37.3 Å². The van der Waals surface area contributed by atoms with Crippen molar-refractivity contribution in [1.29, 1.82) is 0 Å². The fourth-order valence-corrected chi connectivity index (χ4v) is 9.16. The van der Waals surface area contributed by atoms with Gasteiger partial charge in [0.25, 0.3) is 15.7 Å². The number of methoxy groups -OCH3 is 2. The zero-order valence-corrected chi connectivity index (χ0v) is 43.1. The number of sulfone groups is 1. The Morgan fingerprint density at radius 2 is 1.52 bits per heavy atom. The van der Waals surface area contributed by atoms with Crippen molar-refractivity contribution in [3.8, 4) is 29.0 Å². The van der Waals surface area contributed by atoms with Crippen molar-refractivity contribution in [2.75, 3.05) is 45.1 Å². The van der Waals surface area contributed by atoms with Crippen LogP contribution >= 0.6 is 23.2 Å². The lowest BCUT2D eigenvalue weighted by Crippen LogP contribution is -2.36. The summed E-state index contributed by atoms with van der Waals surface area (Å²) < 4.78 is 121. The number of imidazole rings is 1. The molecule has 25 nitrogen and oxygen atoms in total. The molecule has 0 aliphatic heterocycles. The lowest BCUT2D eigenvalue weighted by atomic mass is 10.1. The van der Waals surface area contributed by atoms with Crippen LogP contribution in [0.1, 0.15) is 29.8 Å². The van der Waals surface area contributed by atoms with Crippen LogP contribution in [-0.2, 0) is 45.1 Å². The van der Waals surface area contributed by atoms with E-state index in [4.69, 9.17) is 52.0 Å². The minimum atomic E-state index is -4.68. The van der Waals surface area contributed by atoms with Gasteiger partial charge in [0, 0.05) is 29.9 Å². The molecule has 0 saturated heterocycles. The average Bonchev–Trinajstić information content (AvgIpc) is 3.86. The van der Waals surface area contributed by atoms with E-state index < -0.39 is 95.0 Å². The molecule has 0 aliphatic rings. The number of aromatic nitrogens is 5. The van der Waals surface area contributed by atoms with Crippen molar-refractivity contribution in [2.45, 2.75) is 30.1 Å². The topological polar surface area (TPSA) is 335 Å². The molecule has 7 rings (SSSR count). The fourth-order valence-electron chi connectivity index (χ4n) is 6.06. The summed E-state index contributed by atoms with van der Waals surface area (Å²) in [7, 11) is -6.04. The number of carboxylic acid groups (broad SMARTS) is 1. The second-order valence-electron chi connectivity index (χ2n) is 14.6. The zero-order chi connectivity index (χ0) is 56.8. The molecular weight excluding hydrogens is 1120 g/mol. The van der Waals surface area contributed by atoms with Crippen LogP contribution in [0.3, 0.4) is 0 Å². The van der Waals surface area contributed by atoms with E-state index in [-0.39, 0.29) is 52.2 Å². The number of carboxylic acids is 1. The number of hydrogen-bond acceptors (Lipinski definition) is 20. The van der Waals surface area contributed by atoms with Gasteiger partial charge >= 0.3 is 30.1 Å². The molecule has 3 N–H and O–H groups in total. The Hall–Kier alpha value is -8.61. The monoisotopic (exact) mass is 1150 g/mol. The molecule has 0 radical (unpaired) electrons. The number of fused-ring (bicyclic) bond motifs is 2. The molecule has 3 aromatic carbocycles. The highest BCUT2D eigenvalue weighted by Crippen LogP contribution is 2.37. The summed E-state index contributed by atoms with van der Waals surface area (Å²) in [6.45, 7) is 1.78. The van der Waals surface area contributed by atoms with Crippen LogP contribution in [0.4, 0.5) is 29.6 Å². The molecule has 0 saturated carbocycles. The highest BCUT2D eigenvalue weighted by atomic mass is 35.5. The van der Waals surface area contributed by atoms with Crippen LogP contribution in [0.15, 0.2) is 107 Å². The van der Waals surface area contributed by atoms with Crippen molar-refractivity contribution in [1.82, 2.24) is 29.1 Å². The number of sulfonamides is 1. The number of carbonyl (C=O) groups is 4. The second kappa shape index (κ2) is 25.8. The number of alkyl halides is 3. The third-order valence-electron chi connectivity index (χ3n) is 9.46. The molecule has 0 unspecified atom stereocenters. The smallest absolute Gasteiger partial charge is 0.416 e. The lowest BCUT2D eigenvalue weighted by Gasteiger charge is -2.12. The average molecular weight is 1160 g/mol. The molecule has 0 fully saturated rings. The number of esters is 2. The fraction of sp³-hybridized carbons (Fsp3) is 0.200. The maximum atomic E-state index is 13.0. The van der Waals surface area contributed by atoms with E-state index in [0.29, 0.717) is 22.4 Å². The first-order valence-electron chi connectivity index (χ1n) is 21.4. The number of hydrogen-bond donors (Lipinski definition) is 3. The van der Waals surface area contributed by atoms with Gasteiger partial charge in [-0.05, 0) is 67.6 Å². The van der Waals surface area contributed by atoms with Gasteiger partial charge in [0.2, 0.25) is 17.7 Å². The number of anilines is 1. The van der Waals surface area contributed by atoms with Crippen molar-refractivity contribution < 1.29 is 87.6 Å². The summed E-state index contributed by atoms with van der Waals surface area (Å²) in [6, 6.07) is 16.8. The first kappa shape index (κ1) is 59.3. The molecule has 77 heavy (non-hydrogen) atoms. The molecule has 4 aromatic heterocycles. The summed E-state index contributed by atoms with van der Waals surface area (Å²) in [5.41, 5.74) is -1.52. The molecule has 2 amide bonds. The molecule has 0 spiro atoms. The molecule has 0 bridgehead atoms. The van der Waals surface area contributed by atoms with Gasteiger partial charge in [-0.2, -0.15) is 31.6 Å². The van der Waals surface area contributed by atoms with Crippen molar-refractivity contribution in [3.05, 3.63) is 129 Å². The molecular formula is C45H39Cl2F3N8O17S2. The van der Waals surface area contributed by atoms with Crippen LogP contribution in [0, 0.1) is 10.1 Å². The summed E-state index contributed by atoms with van der Waals surface area (Å²) in [5, 5.41) is 21.4. The van der Waals surface area contributed by atoms with Crippen LogP contribution in [-0.4, -0.2) is 115 Å². The number of nitrogens with zero attached hydrogens (tertiary/aromatic N) is 6. The second-order valence-corrected chi connectivity index (χ2v) is 19.2. The van der Waals surface area contributed by atoms with Gasteiger partial charge in [0.15, 0.2) is 33.1 Å². The number of urea groups is 1. The van der Waals surface area contributed by atoms with Gasteiger partial charge in [-0.15, -0.1) is 0 Å². The summed E-state index contributed by atoms with van der Waals surface area (Å²) in [4.78, 5) is 72.3. The van der Waals surface area contributed by atoms with Gasteiger partial charge in [-0.3, -0.25) is 24.8 Å². The minimum Gasteiger partial charge on any atom is -0.481 e. The largest absolute Gasteiger partial charge is 0.481 e. The van der Waals surface area contributed by atoms with Gasteiger partial charge in [0.1, 0.15) is 34.0 Å². The Labute approximate surface area is 442 Å². The third-order valence-corrected chi connectivity index (χ3v) is 13.2. The van der Waals surface area contributed by atoms with Crippen molar-refractivity contribution >= 4 is 95.2 Å². The number of nitrogens with one attached hydrogen (secondary N) is 2. The normalized spacial score (nSPS) is 11.2. The van der Waals surface area contributed by atoms with Gasteiger partial charge < -0.3 is 33.5 Å². The summed E-state index contributed by atoms with van der Waals surface area (Å²) in [5.74, 6) is -3.54. The Bertz CT molecular complexity index is 3570. The maximum absolute atomic E-state index is 13.0. The Morgan fingerprint density at radius 3 is 2.13 bits per heavy atom. The zero-order valence-electron chi connectivity index (χ0n) is 39.9. The highest BCUT2D eigenvalue weighted by Gasteiger charge is 2.34. The number of benzene rings is 3. The lowest BCUT2D eigenvalue weighted by molar-refractivity contribution is -0.385. The highest BCUT2D eigenvalue weighted by molar-refractivity contribution is 7.93. The van der Waals surface area contributed by atoms with Crippen LogP contribution < -0.4 is 29.0 Å². The number of carbonyl (C=O) groups excluding carboxylic acids is 3. The number of rotatable bonds is 17. The first-order chi connectivity index (χ1) is 36.3. The number of halogens is 5. The Balaban J connectivity index is 0.000000224. The first-order valence-corrected chi connectivity index (χ1v) is 25.3. The van der Waals surface area contributed by atoms with E-state index in [1.807, 2.05) is 0 Å². The van der Waals surface area contributed by atoms with E-state index in [0.717, 1.165) is 40.1 Å². The van der Waals surface area contributed by atoms with Crippen LogP contribution in [0.25, 0.3) is 16.6 Å². The Kier molecular flexibility index (Phi) is 19.8. The number of pyridine rings is 2. The standard InChI is InChI=1S/C18H13ClF3NO7.C16H18N6O7S2.C11H8ClNO3/c1-2-28-16(24)9-29-17(25)12-8-11(4-5-14(12)23(26)27)30-15-6-3-10(7-13(15)19)18(20,21)22;1-4-30(24,25)13-14(22-8-6-5-7-10(22)17-13)31(26,27)21-16(23)20-15-18-11(28-2)9-12(19-15)29-3;12-8-3-4-9(16-6-10(14)15)11-7(8)2-1-5-13-11/h3-8H,2,9H2,1H3;5-9H,4H2,1-3H3,(H2,18,19,20,21,23);1-5H,6H2,(H,14,15). The van der Waals surface area contributed by atoms with E-state index in [1.165, 1.54) is 52.5 Å². The predicted molar refractivity (Wildman–Crippen MR) is 264 cm³/mol. The number of aliphatic carboxylic acids is 1.